The molecule has 1 heterocycles. The van der Waals surface area contributed by atoms with E-state index in [2.05, 4.69) is 10.3 Å². The number of carbonyl (C=O) groups is 1. The van der Waals surface area contributed by atoms with Gasteiger partial charge in [-0.15, -0.1) is 0 Å². The van der Waals surface area contributed by atoms with Crippen molar-refractivity contribution >= 4 is 16.8 Å². The summed E-state index contributed by atoms with van der Waals surface area (Å²) in [4.78, 5) is 15.4. The molecule has 0 saturated heterocycles. The van der Waals surface area contributed by atoms with Crippen molar-refractivity contribution in [3.05, 3.63) is 35.3 Å². The number of aromatic amines is 1. The lowest BCUT2D eigenvalue weighted by Crippen LogP contribution is -2.36. The lowest BCUT2D eigenvalue weighted by molar-refractivity contribution is -0.121. The van der Waals surface area contributed by atoms with Gasteiger partial charge in [0.2, 0.25) is 5.91 Å². The number of H-pyrrole nitrogens is 1. The number of nitrogens with one attached hydrogen (secondary N) is 2. The molecule has 5 heteroatoms. The Morgan fingerprint density at radius 1 is 1.43 bits per heavy atom. The first-order valence-electron chi connectivity index (χ1n) is 7.89. The molecule has 0 saturated carbocycles. The molecule has 1 aromatic heterocycles. The Morgan fingerprint density at radius 2 is 2.13 bits per heavy atom. The zero-order valence-electron chi connectivity index (χ0n) is 14.2. The second-order valence-electron chi connectivity index (χ2n) is 7.09. The summed E-state index contributed by atoms with van der Waals surface area (Å²) < 4.78 is 13.5. The standard InChI is InChI=1S/C18H25FN2O2/c1-11(22)9-18(3,4)10-20-17(23)8-14-12(2)21-16-6-5-13(19)7-15(14)16/h5-7,11,21-22H,8-10H2,1-4H3,(H,20,23). The molecule has 0 bridgehead atoms. The van der Waals surface area contributed by atoms with Crippen molar-refractivity contribution < 1.29 is 14.3 Å². The number of aliphatic hydroxyl groups excluding tert-OH is 1. The van der Waals surface area contributed by atoms with Crippen LogP contribution in [-0.4, -0.2) is 28.6 Å². The number of carbonyl (C=O) groups excluding carboxylic acids is 1. The summed E-state index contributed by atoms with van der Waals surface area (Å²) in [5.74, 6) is -0.409. The Balaban J connectivity index is 2.06. The van der Waals surface area contributed by atoms with Gasteiger partial charge in [-0.3, -0.25) is 4.79 Å². The predicted octanol–water partition coefficient (Wildman–Crippen LogP) is 3.07. The van der Waals surface area contributed by atoms with E-state index in [1.54, 1.807) is 13.0 Å². The van der Waals surface area contributed by atoms with E-state index in [1.165, 1.54) is 12.1 Å². The van der Waals surface area contributed by atoms with Gasteiger partial charge in [0.1, 0.15) is 5.82 Å². The zero-order chi connectivity index (χ0) is 17.2. The quantitative estimate of drug-likeness (QED) is 0.766. The third-order valence-corrected chi connectivity index (χ3v) is 4.03. The van der Waals surface area contributed by atoms with E-state index in [0.29, 0.717) is 13.0 Å². The van der Waals surface area contributed by atoms with Crippen LogP contribution in [-0.2, 0) is 11.2 Å². The molecule has 126 valence electrons. The molecule has 1 unspecified atom stereocenters. The first kappa shape index (κ1) is 17.5. The fourth-order valence-electron chi connectivity index (χ4n) is 3.02. The van der Waals surface area contributed by atoms with Crippen molar-refractivity contribution in [2.75, 3.05) is 6.54 Å². The van der Waals surface area contributed by atoms with Gasteiger partial charge in [-0.25, -0.2) is 4.39 Å². The average molecular weight is 320 g/mol. The smallest absolute Gasteiger partial charge is 0.224 e. The van der Waals surface area contributed by atoms with Crippen LogP contribution in [0.1, 0.15) is 38.4 Å². The first-order chi connectivity index (χ1) is 10.7. The molecule has 0 fully saturated rings. The molecule has 3 N–H and O–H groups in total. The normalized spacial score (nSPS) is 13.3. The van der Waals surface area contributed by atoms with Gasteiger partial charge in [-0.1, -0.05) is 13.8 Å². The maximum atomic E-state index is 13.5. The average Bonchev–Trinajstić information content (AvgIpc) is 2.72. The Hall–Kier alpha value is -1.88. The number of aliphatic hydroxyl groups is 1. The minimum absolute atomic E-state index is 0.100. The highest BCUT2D eigenvalue weighted by Gasteiger charge is 2.21. The van der Waals surface area contributed by atoms with E-state index >= 15 is 0 Å². The van der Waals surface area contributed by atoms with Crippen molar-refractivity contribution in [1.29, 1.82) is 0 Å². The predicted molar refractivity (Wildman–Crippen MR) is 89.8 cm³/mol. The molecule has 0 radical (unpaired) electrons. The molecule has 1 amide bonds. The fourth-order valence-corrected chi connectivity index (χ4v) is 3.02. The molecule has 0 spiro atoms. The summed E-state index contributed by atoms with van der Waals surface area (Å²) in [7, 11) is 0. The van der Waals surface area contributed by atoms with Crippen LogP contribution in [0.25, 0.3) is 10.9 Å². The third-order valence-electron chi connectivity index (χ3n) is 4.03. The molecule has 2 rings (SSSR count). The molecule has 0 aliphatic carbocycles. The van der Waals surface area contributed by atoms with Gasteiger partial charge in [0.25, 0.3) is 0 Å². The van der Waals surface area contributed by atoms with Gasteiger partial charge in [-0.2, -0.15) is 0 Å². The van der Waals surface area contributed by atoms with Crippen LogP contribution >= 0.6 is 0 Å². The lowest BCUT2D eigenvalue weighted by Gasteiger charge is -2.26. The minimum Gasteiger partial charge on any atom is -0.393 e. The minimum atomic E-state index is -0.402. The number of amides is 1. The summed E-state index contributed by atoms with van der Waals surface area (Å²) in [6.45, 7) is 8.14. The molecule has 23 heavy (non-hydrogen) atoms. The SMILES string of the molecule is Cc1[nH]c2ccc(F)cc2c1CC(=O)NCC(C)(C)CC(C)O. The number of aryl methyl sites for hydroxylation is 1. The maximum absolute atomic E-state index is 13.5. The molecule has 2 aromatic rings. The highest BCUT2D eigenvalue weighted by atomic mass is 19.1. The van der Waals surface area contributed by atoms with Crippen LogP contribution < -0.4 is 5.32 Å². The number of fused-ring (bicyclic) bond motifs is 1. The summed E-state index contributed by atoms with van der Waals surface area (Å²) in [5.41, 5.74) is 2.36. The lowest BCUT2D eigenvalue weighted by atomic mass is 9.87. The van der Waals surface area contributed by atoms with E-state index in [-0.39, 0.29) is 23.6 Å². The summed E-state index contributed by atoms with van der Waals surface area (Å²) in [6.07, 6.45) is 0.422. The van der Waals surface area contributed by atoms with Crippen molar-refractivity contribution in [3.8, 4) is 0 Å². The maximum Gasteiger partial charge on any atom is 0.224 e. The van der Waals surface area contributed by atoms with E-state index in [4.69, 9.17) is 0 Å². The highest BCUT2D eigenvalue weighted by Crippen LogP contribution is 2.24. The number of hydrogen-bond acceptors (Lipinski definition) is 2. The second kappa shape index (κ2) is 6.71. The molecule has 4 nitrogen and oxygen atoms in total. The van der Waals surface area contributed by atoms with Crippen molar-refractivity contribution in [1.82, 2.24) is 10.3 Å². The van der Waals surface area contributed by atoms with Gasteiger partial charge < -0.3 is 15.4 Å². The molecule has 0 aliphatic heterocycles. The number of benzene rings is 1. The Kier molecular flexibility index (Phi) is 5.09. The molecule has 0 aliphatic rings. The summed E-state index contributed by atoms with van der Waals surface area (Å²) >= 11 is 0. The summed E-state index contributed by atoms with van der Waals surface area (Å²) in [5, 5.41) is 13.2. The van der Waals surface area contributed by atoms with Crippen LogP contribution in [0.2, 0.25) is 0 Å². The van der Waals surface area contributed by atoms with Crippen molar-refractivity contribution in [2.24, 2.45) is 5.41 Å². The van der Waals surface area contributed by atoms with E-state index in [0.717, 1.165) is 22.2 Å². The van der Waals surface area contributed by atoms with Crippen LogP contribution in [0.4, 0.5) is 4.39 Å². The van der Waals surface area contributed by atoms with Crippen LogP contribution in [0, 0.1) is 18.2 Å². The largest absolute Gasteiger partial charge is 0.393 e. The van der Waals surface area contributed by atoms with Crippen molar-refractivity contribution in [2.45, 2.75) is 46.6 Å². The summed E-state index contributed by atoms with van der Waals surface area (Å²) in [6, 6.07) is 4.55. The van der Waals surface area contributed by atoms with E-state index in [1.807, 2.05) is 20.8 Å². The van der Waals surface area contributed by atoms with Gasteiger partial charge in [0.05, 0.1) is 12.5 Å². The number of halogens is 1. The Bertz CT molecular complexity index is 704. The molecule has 1 atom stereocenters. The van der Waals surface area contributed by atoms with Crippen molar-refractivity contribution in [3.63, 3.8) is 0 Å². The van der Waals surface area contributed by atoms with E-state index in [9.17, 15) is 14.3 Å². The molecular weight excluding hydrogens is 295 g/mol. The highest BCUT2D eigenvalue weighted by molar-refractivity contribution is 5.90. The van der Waals surface area contributed by atoms with Gasteiger partial charge in [-0.05, 0) is 49.4 Å². The number of rotatable bonds is 6. The van der Waals surface area contributed by atoms with Gasteiger partial charge in [0, 0.05) is 23.1 Å². The molecule has 1 aromatic carbocycles. The Morgan fingerprint density at radius 3 is 2.78 bits per heavy atom. The van der Waals surface area contributed by atoms with Crippen LogP contribution in [0.5, 0.6) is 0 Å². The molecular formula is C18H25FN2O2. The zero-order valence-corrected chi connectivity index (χ0v) is 14.2. The number of aromatic nitrogens is 1. The Labute approximate surface area is 136 Å². The third kappa shape index (κ3) is 4.55. The monoisotopic (exact) mass is 320 g/mol. The fraction of sp³-hybridized carbons (Fsp3) is 0.500. The van der Waals surface area contributed by atoms with E-state index < -0.39 is 6.10 Å². The van der Waals surface area contributed by atoms with Crippen LogP contribution in [0.15, 0.2) is 18.2 Å². The van der Waals surface area contributed by atoms with Gasteiger partial charge >= 0.3 is 0 Å². The first-order valence-corrected chi connectivity index (χ1v) is 7.89. The van der Waals surface area contributed by atoms with Crippen LogP contribution in [0.3, 0.4) is 0 Å². The number of hydrogen-bond donors (Lipinski definition) is 3. The van der Waals surface area contributed by atoms with Gasteiger partial charge in [0.15, 0.2) is 0 Å². The topological polar surface area (TPSA) is 65.1 Å². The second-order valence-corrected chi connectivity index (χ2v) is 7.09.